The van der Waals surface area contributed by atoms with E-state index in [-0.39, 0.29) is 17.7 Å². The first-order chi connectivity index (χ1) is 13.1. The first-order valence-electron chi connectivity index (χ1n) is 9.88. The van der Waals surface area contributed by atoms with Gasteiger partial charge in [-0.2, -0.15) is 0 Å². The number of hydrogen-bond acceptors (Lipinski definition) is 2. The average molecular weight is 367 g/mol. The summed E-state index contributed by atoms with van der Waals surface area (Å²) in [4.78, 5) is 27.1. The molecule has 0 aliphatic rings. The number of hydrogen-bond donors (Lipinski definition) is 1. The van der Waals surface area contributed by atoms with Crippen LogP contribution < -0.4 is 10.2 Å². The molecule has 0 atom stereocenters. The van der Waals surface area contributed by atoms with E-state index in [9.17, 15) is 9.59 Å². The molecule has 2 aromatic carbocycles. The van der Waals surface area contributed by atoms with Crippen LogP contribution in [-0.4, -0.2) is 18.4 Å². The second-order valence-corrected chi connectivity index (χ2v) is 6.73. The van der Waals surface area contributed by atoms with Crippen molar-refractivity contribution in [3.05, 3.63) is 60.2 Å². The average Bonchev–Trinajstić information content (AvgIpc) is 2.70. The molecule has 0 fully saturated rings. The molecule has 0 aliphatic heterocycles. The Bertz CT molecular complexity index is 722. The molecule has 2 rings (SSSR count). The third-order valence-electron chi connectivity index (χ3n) is 4.80. The molecule has 144 valence electrons. The van der Waals surface area contributed by atoms with Gasteiger partial charge >= 0.3 is 0 Å². The van der Waals surface area contributed by atoms with E-state index < -0.39 is 0 Å². The number of benzene rings is 2. The number of para-hydroxylation sites is 1. The minimum atomic E-state index is -0.0208. The molecule has 0 spiro atoms. The maximum Gasteiger partial charge on any atom is 0.258 e. The van der Waals surface area contributed by atoms with Crippen LogP contribution in [0.4, 0.5) is 11.4 Å². The third kappa shape index (κ3) is 5.68. The maximum absolute atomic E-state index is 13.0. The molecule has 4 heteroatoms. The van der Waals surface area contributed by atoms with Gasteiger partial charge in [0, 0.05) is 29.4 Å². The van der Waals surface area contributed by atoms with Gasteiger partial charge in [0.2, 0.25) is 5.91 Å². The summed E-state index contributed by atoms with van der Waals surface area (Å²) in [6.45, 7) is 6.84. The van der Waals surface area contributed by atoms with Crippen molar-refractivity contribution in [2.45, 2.75) is 46.5 Å². The van der Waals surface area contributed by atoms with Crippen molar-refractivity contribution in [2.75, 3.05) is 16.8 Å². The second kappa shape index (κ2) is 10.5. The topological polar surface area (TPSA) is 49.4 Å². The summed E-state index contributed by atoms with van der Waals surface area (Å²) in [7, 11) is 0. The predicted molar refractivity (Wildman–Crippen MR) is 112 cm³/mol. The van der Waals surface area contributed by atoms with Crippen molar-refractivity contribution in [1.29, 1.82) is 0 Å². The summed E-state index contributed by atoms with van der Waals surface area (Å²) in [5.74, 6) is 0.0365. The zero-order valence-corrected chi connectivity index (χ0v) is 16.6. The van der Waals surface area contributed by atoms with E-state index in [0.717, 1.165) is 37.1 Å². The fraction of sp³-hybridized carbons (Fsp3) is 0.391. The quantitative estimate of drug-likeness (QED) is 0.636. The molecule has 2 amide bonds. The van der Waals surface area contributed by atoms with Crippen LogP contribution in [0.5, 0.6) is 0 Å². The summed E-state index contributed by atoms with van der Waals surface area (Å²) in [6.07, 6.45) is 3.62. The van der Waals surface area contributed by atoms with Crippen LogP contribution in [-0.2, 0) is 4.79 Å². The Morgan fingerprint density at radius 2 is 1.56 bits per heavy atom. The van der Waals surface area contributed by atoms with Gasteiger partial charge < -0.3 is 10.2 Å². The Morgan fingerprint density at radius 3 is 2.11 bits per heavy atom. The zero-order chi connectivity index (χ0) is 19.6. The van der Waals surface area contributed by atoms with Crippen molar-refractivity contribution in [3.8, 4) is 0 Å². The molecule has 0 aromatic heterocycles. The summed E-state index contributed by atoms with van der Waals surface area (Å²) in [5.41, 5.74) is 2.25. The minimum absolute atomic E-state index is 0.0208. The van der Waals surface area contributed by atoms with Crippen LogP contribution in [0.1, 0.15) is 56.8 Å². The molecular formula is C23H30N2O2. The van der Waals surface area contributed by atoms with Crippen LogP contribution in [0.15, 0.2) is 54.6 Å². The lowest BCUT2D eigenvalue weighted by Gasteiger charge is -2.23. The summed E-state index contributed by atoms with van der Waals surface area (Å²) >= 11 is 0. The molecule has 1 N–H and O–H groups in total. The van der Waals surface area contributed by atoms with Gasteiger partial charge in [-0.3, -0.25) is 9.59 Å². The van der Waals surface area contributed by atoms with Crippen LogP contribution in [0.25, 0.3) is 0 Å². The van der Waals surface area contributed by atoms with Gasteiger partial charge in [0.1, 0.15) is 0 Å². The molecule has 0 bridgehead atoms. The van der Waals surface area contributed by atoms with E-state index in [2.05, 4.69) is 12.2 Å². The van der Waals surface area contributed by atoms with Gasteiger partial charge in [0.15, 0.2) is 0 Å². The van der Waals surface area contributed by atoms with Gasteiger partial charge in [0.05, 0.1) is 0 Å². The highest BCUT2D eigenvalue weighted by Gasteiger charge is 2.18. The number of rotatable bonds is 9. The molecule has 0 radical (unpaired) electrons. The van der Waals surface area contributed by atoms with Crippen LogP contribution >= 0.6 is 0 Å². The predicted octanol–water partition coefficient (Wildman–Crippen LogP) is 5.51. The van der Waals surface area contributed by atoms with Gasteiger partial charge in [-0.15, -0.1) is 0 Å². The molecule has 27 heavy (non-hydrogen) atoms. The van der Waals surface area contributed by atoms with Gasteiger partial charge in [-0.1, -0.05) is 45.4 Å². The number of anilines is 2. The minimum Gasteiger partial charge on any atom is -0.326 e. The summed E-state index contributed by atoms with van der Waals surface area (Å²) in [5, 5.41) is 2.94. The molecule has 2 aromatic rings. The number of amides is 2. The second-order valence-electron chi connectivity index (χ2n) is 6.73. The van der Waals surface area contributed by atoms with E-state index in [4.69, 9.17) is 0 Å². The normalized spacial score (nSPS) is 10.7. The fourth-order valence-electron chi connectivity index (χ4n) is 3.03. The Labute approximate surface area is 162 Å². The van der Waals surface area contributed by atoms with Gasteiger partial charge in [-0.05, 0) is 55.7 Å². The SMILES string of the molecule is CCCCN(C(=O)c1ccc(NC(=O)C(CC)CC)cc1)c1ccccc1. The molecular weight excluding hydrogens is 336 g/mol. The highest BCUT2D eigenvalue weighted by Crippen LogP contribution is 2.20. The van der Waals surface area contributed by atoms with Crippen molar-refractivity contribution in [1.82, 2.24) is 0 Å². The van der Waals surface area contributed by atoms with Gasteiger partial charge in [-0.25, -0.2) is 0 Å². The van der Waals surface area contributed by atoms with Crippen molar-refractivity contribution >= 4 is 23.2 Å². The molecule has 0 heterocycles. The number of carbonyl (C=O) groups is 2. The van der Waals surface area contributed by atoms with E-state index in [1.807, 2.05) is 49.1 Å². The lowest BCUT2D eigenvalue weighted by atomic mass is 10.0. The monoisotopic (exact) mass is 366 g/mol. The number of nitrogens with zero attached hydrogens (tertiary/aromatic N) is 1. The molecule has 0 saturated heterocycles. The van der Waals surface area contributed by atoms with E-state index in [1.165, 1.54) is 0 Å². The van der Waals surface area contributed by atoms with Crippen LogP contribution in [0.2, 0.25) is 0 Å². The summed E-state index contributed by atoms with van der Waals surface area (Å²) < 4.78 is 0. The van der Waals surface area contributed by atoms with E-state index in [1.54, 1.807) is 24.3 Å². The zero-order valence-electron chi connectivity index (χ0n) is 16.6. The first-order valence-corrected chi connectivity index (χ1v) is 9.88. The first kappa shape index (κ1) is 20.7. The maximum atomic E-state index is 13.0. The van der Waals surface area contributed by atoms with Gasteiger partial charge in [0.25, 0.3) is 5.91 Å². The molecule has 0 aliphatic carbocycles. The Morgan fingerprint density at radius 1 is 0.926 bits per heavy atom. The van der Waals surface area contributed by atoms with E-state index in [0.29, 0.717) is 12.1 Å². The fourth-order valence-corrected chi connectivity index (χ4v) is 3.03. The Hall–Kier alpha value is -2.62. The van der Waals surface area contributed by atoms with Crippen molar-refractivity contribution in [3.63, 3.8) is 0 Å². The van der Waals surface area contributed by atoms with E-state index >= 15 is 0 Å². The highest BCUT2D eigenvalue weighted by molar-refractivity contribution is 6.06. The molecule has 0 saturated carbocycles. The summed E-state index contributed by atoms with van der Waals surface area (Å²) in [6, 6.07) is 16.9. The molecule has 0 unspecified atom stereocenters. The Balaban J connectivity index is 2.13. The lowest BCUT2D eigenvalue weighted by molar-refractivity contribution is -0.120. The highest BCUT2D eigenvalue weighted by atomic mass is 16.2. The largest absolute Gasteiger partial charge is 0.326 e. The third-order valence-corrected chi connectivity index (χ3v) is 4.80. The molecule has 4 nitrogen and oxygen atoms in total. The van der Waals surface area contributed by atoms with Crippen molar-refractivity contribution in [2.24, 2.45) is 5.92 Å². The van der Waals surface area contributed by atoms with Crippen molar-refractivity contribution < 1.29 is 9.59 Å². The smallest absolute Gasteiger partial charge is 0.258 e. The number of nitrogens with one attached hydrogen (secondary N) is 1. The standard InChI is InChI=1S/C23H30N2O2/c1-4-7-17-25(21-11-9-8-10-12-21)23(27)19-13-15-20(16-14-19)24-22(26)18(5-2)6-3/h8-16,18H,4-7,17H2,1-3H3,(H,24,26). The lowest BCUT2D eigenvalue weighted by Crippen LogP contribution is -2.31. The van der Waals surface area contributed by atoms with Crippen LogP contribution in [0, 0.1) is 5.92 Å². The number of unbranched alkanes of at least 4 members (excludes halogenated alkanes) is 1. The van der Waals surface area contributed by atoms with Crippen LogP contribution in [0.3, 0.4) is 0 Å². The number of carbonyl (C=O) groups excluding carboxylic acids is 2. The Kier molecular flexibility index (Phi) is 8.05.